The summed E-state index contributed by atoms with van der Waals surface area (Å²) < 4.78 is 10.7. The van der Waals surface area contributed by atoms with Gasteiger partial charge in [-0.3, -0.25) is 14.4 Å². The van der Waals surface area contributed by atoms with Gasteiger partial charge in [0.15, 0.2) is 6.61 Å². The van der Waals surface area contributed by atoms with Crippen LogP contribution in [0.15, 0.2) is 18.2 Å². The van der Waals surface area contributed by atoms with Crippen molar-refractivity contribution < 1.29 is 23.9 Å². The molecular weight excluding hydrogens is 372 g/mol. The molecule has 0 saturated carbocycles. The maximum Gasteiger partial charge on any atom is 0.313 e. The number of nitrogens with one attached hydrogen (secondary N) is 1. The summed E-state index contributed by atoms with van der Waals surface area (Å²) in [4.78, 5) is 37.4. The van der Waals surface area contributed by atoms with Crippen molar-refractivity contribution >= 4 is 29.4 Å². The molecule has 1 aromatic rings. The van der Waals surface area contributed by atoms with Gasteiger partial charge in [-0.25, -0.2) is 0 Å². The molecule has 1 heterocycles. The number of nitrogens with zero attached hydrogens (tertiary/aromatic N) is 1. The maximum absolute atomic E-state index is 12.2. The molecule has 1 aliphatic rings. The predicted octanol–water partition coefficient (Wildman–Crippen LogP) is 1.81. The quantitative estimate of drug-likeness (QED) is 0.767. The first-order chi connectivity index (χ1) is 12.5. The molecule has 2 amide bonds. The SMILES string of the molecule is CN(CC(=O)NC(C)(C)C)C(=O)COC(=O)[C@@H]1COc2ccc(Cl)cc2C1. The lowest BCUT2D eigenvalue weighted by Crippen LogP contribution is -2.47. The summed E-state index contributed by atoms with van der Waals surface area (Å²) in [7, 11) is 1.49. The number of carbonyl (C=O) groups excluding carboxylic acids is 3. The molecule has 27 heavy (non-hydrogen) atoms. The lowest BCUT2D eigenvalue weighted by Gasteiger charge is -2.25. The number of esters is 1. The Hall–Kier alpha value is -2.28. The van der Waals surface area contributed by atoms with Gasteiger partial charge in [-0.1, -0.05) is 11.6 Å². The van der Waals surface area contributed by atoms with E-state index in [4.69, 9.17) is 21.1 Å². The summed E-state index contributed by atoms with van der Waals surface area (Å²) in [6.07, 6.45) is 0.437. The predicted molar refractivity (Wildman–Crippen MR) is 101 cm³/mol. The zero-order valence-electron chi connectivity index (χ0n) is 16.0. The van der Waals surface area contributed by atoms with Crippen molar-refractivity contribution in [1.82, 2.24) is 10.2 Å². The Balaban J connectivity index is 1.81. The van der Waals surface area contributed by atoms with Crippen LogP contribution in [0.4, 0.5) is 0 Å². The second-order valence-electron chi connectivity index (χ2n) is 7.62. The molecule has 0 spiro atoms. The molecule has 0 aliphatic carbocycles. The molecule has 7 nitrogen and oxygen atoms in total. The minimum Gasteiger partial charge on any atom is -0.492 e. The van der Waals surface area contributed by atoms with Crippen molar-refractivity contribution in [3.8, 4) is 5.75 Å². The number of carbonyl (C=O) groups is 3. The van der Waals surface area contributed by atoms with Crippen LogP contribution in [0.2, 0.25) is 5.02 Å². The van der Waals surface area contributed by atoms with Gasteiger partial charge < -0.3 is 19.7 Å². The smallest absolute Gasteiger partial charge is 0.313 e. The largest absolute Gasteiger partial charge is 0.492 e. The highest BCUT2D eigenvalue weighted by atomic mass is 35.5. The first-order valence-corrected chi connectivity index (χ1v) is 9.06. The summed E-state index contributed by atoms with van der Waals surface area (Å²) in [6, 6.07) is 5.24. The number of benzene rings is 1. The number of halogens is 1. The highest BCUT2D eigenvalue weighted by molar-refractivity contribution is 6.30. The fourth-order valence-electron chi connectivity index (χ4n) is 2.64. The molecule has 1 N–H and O–H groups in total. The molecule has 1 atom stereocenters. The van der Waals surface area contributed by atoms with Crippen molar-refractivity contribution in [3.05, 3.63) is 28.8 Å². The molecule has 0 bridgehead atoms. The van der Waals surface area contributed by atoms with E-state index >= 15 is 0 Å². The Bertz CT molecular complexity index is 729. The second-order valence-corrected chi connectivity index (χ2v) is 8.06. The van der Waals surface area contributed by atoms with E-state index in [2.05, 4.69) is 5.32 Å². The van der Waals surface area contributed by atoms with E-state index in [1.807, 2.05) is 20.8 Å². The minimum absolute atomic E-state index is 0.105. The third-order valence-corrected chi connectivity index (χ3v) is 4.16. The molecule has 8 heteroatoms. The summed E-state index contributed by atoms with van der Waals surface area (Å²) in [5, 5.41) is 3.33. The van der Waals surface area contributed by atoms with E-state index in [0.717, 1.165) is 5.56 Å². The lowest BCUT2D eigenvalue weighted by molar-refractivity contribution is -0.156. The summed E-state index contributed by atoms with van der Waals surface area (Å²) in [6.45, 7) is 5.22. The molecule has 2 rings (SSSR count). The van der Waals surface area contributed by atoms with Crippen molar-refractivity contribution in [2.45, 2.75) is 32.7 Å². The number of likely N-dealkylation sites (N-methyl/N-ethyl adjacent to an activating group) is 1. The normalized spacial score (nSPS) is 16.0. The van der Waals surface area contributed by atoms with Crippen molar-refractivity contribution in [2.24, 2.45) is 5.92 Å². The highest BCUT2D eigenvalue weighted by Crippen LogP contribution is 2.30. The van der Waals surface area contributed by atoms with Crippen LogP contribution in [0.5, 0.6) is 5.75 Å². The van der Waals surface area contributed by atoms with E-state index in [1.54, 1.807) is 18.2 Å². The molecule has 0 radical (unpaired) electrons. The zero-order chi connectivity index (χ0) is 20.2. The van der Waals surface area contributed by atoms with Crippen molar-refractivity contribution in [2.75, 3.05) is 26.8 Å². The molecule has 0 aromatic heterocycles. The molecule has 0 unspecified atom stereocenters. The van der Waals surface area contributed by atoms with Gasteiger partial charge in [-0.15, -0.1) is 0 Å². The van der Waals surface area contributed by atoms with Crippen LogP contribution in [0, 0.1) is 5.92 Å². The van der Waals surface area contributed by atoms with E-state index in [-0.39, 0.29) is 24.6 Å². The Morgan fingerprint density at radius 3 is 2.70 bits per heavy atom. The molecule has 1 aliphatic heterocycles. The summed E-state index contributed by atoms with van der Waals surface area (Å²) in [5.41, 5.74) is 0.450. The second kappa shape index (κ2) is 8.61. The third-order valence-electron chi connectivity index (χ3n) is 3.92. The van der Waals surface area contributed by atoms with Crippen LogP contribution >= 0.6 is 11.6 Å². The number of rotatable bonds is 5. The fourth-order valence-corrected chi connectivity index (χ4v) is 2.83. The van der Waals surface area contributed by atoms with Crippen LogP contribution in [-0.2, 0) is 25.5 Å². The Labute approximate surface area is 163 Å². The van der Waals surface area contributed by atoms with Gasteiger partial charge in [0.2, 0.25) is 5.91 Å². The van der Waals surface area contributed by atoms with Gasteiger partial charge in [-0.05, 0) is 51.0 Å². The van der Waals surface area contributed by atoms with Crippen LogP contribution in [0.25, 0.3) is 0 Å². The molecule has 0 fully saturated rings. The number of fused-ring (bicyclic) bond motifs is 1. The first kappa shape index (κ1) is 21.0. The van der Waals surface area contributed by atoms with E-state index in [9.17, 15) is 14.4 Å². The van der Waals surface area contributed by atoms with Gasteiger partial charge in [-0.2, -0.15) is 0 Å². The van der Waals surface area contributed by atoms with Crippen molar-refractivity contribution in [3.63, 3.8) is 0 Å². The summed E-state index contributed by atoms with van der Waals surface area (Å²) >= 11 is 5.97. The zero-order valence-corrected chi connectivity index (χ0v) is 16.8. The van der Waals surface area contributed by atoms with Crippen LogP contribution in [0.1, 0.15) is 26.3 Å². The molecule has 0 saturated heterocycles. The van der Waals surface area contributed by atoms with Crippen LogP contribution < -0.4 is 10.1 Å². The van der Waals surface area contributed by atoms with Crippen molar-refractivity contribution in [1.29, 1.82) is 0 Å². The molecular formula is C19H25ClN2O5. The van der Waals surface area contributed by atoms with E-state index < -0.39 is 24.4 Å². The standard InChI is InChI=1S/C19H25ClN2O5/c1-19(2,3)21-16(23)9-22(4)17(24)11-27-18(25)13-7-12-8-14(20)5-6-15(12)26-10-13/h5-6,8,13H,7,9-11H2,1-4H3,(H,21,23)/t13-/m0/s1. The topological polar surface area (TPSA) is 84.9 Å². The Kier molecular flexibility index (Phi) is 6.70. The number of hydrogen-bond donors (Lipinski definition) is 1. The number of ether oxygens (including phenoxy) is 2. The summed E-state index contributed by atoms with van der Waals surface area (Å²) in [5.74, 6) is -1.05. The van der Waals surface area contributed by atoms with Gasteiger partial charge in [0.1, 0.15) is 12.4 Å². The molecule has 1 aromatic carbocycles. The minimum atomic E-state index is -0.512. The third kappa shape index (κ3) is 6.43. The monoisotopic (exact) mass is 396 g/mol. The van der Waals surface area contributed by atoms with Gasteiger partial charge in [0.25, 0.3) is 5.91 Å². The maximum atomic E-state index is 12.2. The molecule has 148 valence electrons. The highest BCUT2D eigenvalue weighted by Gasteiger charge is 2.28. The number of hydrogen-bond acceptors (Lipinski definition) is 5. The lowest BCUT2D eigenvalue weighted by atomic mass is 9.97. The van der Waals surface area contributed by atoms with Gasteiger partial charge in [0.05, 0.1) is 12.5 Å². The van der Waals surface area contributed by atoms with Gasteiger partial charge in [0, 0.05) is 17.6 Å². The van der Waals surface area contributed by atoms with Gasteiger partial charge >= 0.3 is 5.97 Å². The fraction of sp³-hybridized carbons (Fsp3) is 0.526. The van der Waals surface area contributed by atoms with E-state index in [0.29, 0.717) is 17.2 Å². The average molecular weight is 397 g/mol. The first-order valence-electron chi connectivity index (χ1n) is 8.68. The van der Waals surface area contributed by atoms with Crippen LogP contribution in [-0.4, -0.2) is 55.0 Å². The van der Waals surface area contributed by atoms with E-state index in [1.165, 1.54) is 11.9 Å². The Morgan fingerprint density at radius 1 is 1.33 bits per heavy atom. The average Bonchev–Trinajstić information content (AvgIpc) is 2.56. The number of amides is 2. The van der Waals surface area contributed by atoms with Crippen LogP contribution in [0.3, 0.4) is 0 Å². The Morgan fingerprint density at radius 2 is 2.04 bits per heavy atom.